The van der Waals surface area contributed by atoms with Crippen molar-refractivity contribution in [1.82, 2.24) is 25.0 Å². The summed E-state index contributed by atoms with van der Waals surface area (Å²) in [5, 5.41) is 8.06. The highest BCUT2D eigenvalue weighted by Crippen LogP contribution is 2.12. The molecule has 1 saturated heterocycles. The van der Waals surface area contributed by atoms with E-state index >= 15 is 0 Å². The number of aromatic nitrogens is 3. The van der Waals surface area contributed by atoms with Crippen LogP contribution in [0.1, 0.15) is 46.4 Å². The molecule has 0 aliphatic carbocycles. The molecule has 21 heavy (non-hydrogen) atoms. The Bertz CT molecular complexity index is 413. The predicted molar refractivity (Wildman–Crippen MR) is 86.0 cm³/mol. The van der Waals surface area contributed by atoms with Crippen LogP contribution >= 0.6 is 0 Å². The van der Waals surface area contributed by atoms with Crippen molar-refractivity contribution in [2.45, 2.75) is 59.7 Å². The van der Waals surface area contributed by atoms with E-state index in [1.54, 1.807) is 6.33 Å². The Morgan fingerprint density at radius 3 is 2.81 bits per heavy atom. The molecular formula is C16H31N5. The molecule has 1 aromatic heterocycles. The maximum absolute atomic E-state index is 4.47. The minimum atomic E-state index is 0.602. The first-order valence-electron chi connectivity index (χ1n) is 8.37. The van der Waals surface area contributed by atoms with Gasteiger partial charge in [0.05, 0.1) is 6.54 Å². The first-order valence-corrected chi connectivity index (χ1v) is 8.37. The highest BCUT2D eigenvalue weighted by molar-refractivity contribution is 4.87. The number of nitrogens with zero attached hydrogens (tertiary/aromatic N) is 4. The van der Waals surface area contributed by atoms with Gasteiger partial charge in [-0.2, -0.15) is 5.10 Å². The zero-order chi connectivity index (χ0) is 15.2. The van der Waals surface area contributed by atoms with Gasteiger partial charge in [0.25, 0.3) is 0 Å². The van der Waals surface area contributed by atoms with Crippen LogP contribution in [0.5, 0.6) is 0 Å². The van der Waals surface area contributed by atoms with Crippen LogP contribution in [0.3, 0.4) is 0 Å². The lowest BCUT2D eigenvalue weighted by molar-refractivity contribution is 0.236. The molecule has 1 aliphatic heterocycles. The number of rotatable bonds is 6. The highest BCUT2D eigenvalue weighted by atomic mass is 15.3. The zero-order valence-electron chi connectivity index (χ0n) is 14.0. The van der Waals surface area contributed by atoms with Gasteiger partial charge in [0.15, 0.2) is 0 Å². The van der Waals surface area contributed by atoms with Crippen LogP contribution < -0.4 is 5.32 Å². The lowest BCUT2D eigenvalue weighted by Crippen LogP contribution is -2.38. The molecule has 2 heterocycles. The number of hydrogen-bond acceptors (Lipinski definition) is 4. The maximum Gasteiger partial charge on any atom is 0.141 e. The average molecular weight is 293 g/mol. The van der Waals surface area contributed by atoms with E-state index < -0.39 is 0 Å². The summed E-state index contributed by atoms with van der Waals surface area (Å²) in [4.78, 5) is 7.01. The van der Waals surface area contributed by atoms with Crippen molar-refractivity contribution in [3.63, 3.8) is 0 Å². The van der Waals surface area contributed by atoms with Crippen LogP contribution in [0.25, 0.3) is 0 Å². The molecule has 0 radical (unpaired) electrons. The largest absolute Gasteiger partial charge is 0.313 e. The minimum Gasteiger partial charge on any atom is -0.313 e. The van der Waals surface area contributed by atoms with Crippen molar-refractivity contribution in [1.29, 1.82) is 0 Å². The Balaban J connectivity index is 1.95. The maximum atomic E-state index is 4.47. The Hall–Kier alpha value is -0.940. The summed E-state index contributed by atoms with van der Waals surface area (Å²) >= 11 is 0. The second kappa shape index (κ2) is 7.90. The van der Waals surface area contributed by atoms with Gasteiger partial charge in [-0.25, -0.2) is 9.67 Å². The van der Waals surface area contributed by atoms with Crippen LogP contribution in [0.2, 0.25) is 0 Å². The molecule has 5 heteroatoms. The lowest BCUT2D eigenvalue weighted by atomic mass is 10.0. The second-order valence-corrected chi connectivity index (χ2v) is 7.12. The first-order chi connectivity index (χ1) is 10.0. The quantitative estimate of drug-likeness (QED) is 0.873. The molecule has 1 fully saturated rings. The summed E-state index contributed by atoms with van der Waals surface area (Å²) in [6.45, 7) is 14.3. The molecule has 0 amide bonds. The van der Waals surface area contributed by atoms with Gasteiger partial charge in [-0.15, -0.1) is 0 Å². The van der Waals surface area contributed by atoms with Crippen molar-refractivity contribution < 1.29 is 0 Å². The fraction of sp³-hybridized carbons (Fsp3) is 0.875. The van der Waals surface area contributed by atoms with Crippen molar-refractivity contribution in [2.75, 3.05) is 19.6 Å². The number of hydrogen-bond donors (Lipinski definition) is 1. The van der Waals surface area contributed by atoms with Crippen LogP contribution in [0, 0.1) is 11.8 Å². The van der Waals surface area contributed by atoms with Gasteiger partial charge in [0.2, 0.25) is 0 Å². The molecule has 0 aromatic carbocycles. The highest BCUT2D eigenvalue weighted by Gasteiger charge is 2.20. The molecular weight excluding hydrogens is 262 g/mol. The summed E-state index contributed by atoms with van der Waals surface area (Å²) in [5.74, 6) is 2.45. The molecule has 0 bridgehead atoms. The molecule has 1 aliphatic rings. The fourth-order valence-corrected chi connectivity index (χ4v) is 3.06. The van der Waals surface area contributed by atoms with E-state index in [0.29, 0.717) is 12.0 Å². The van der Waals surface area contributed by atoms with Gasteiger partial charge in [0, 0.05) is 19.1 Å². The van der Waals surface area contributed by atoms with Crippen molar-refractivity contribution in [2.24, 2.45) is 11.8 Å². The Labute approximate surface area is 129 Å². The minimum absolute atomic E-state index is 0.602. The SMILES string of the molecule is CC(C)CC1CN(Cc2ncnn2CC(C)C)CCCN1. The molecule has 1 unspecified atom stereocenters. The van der Waals surface area contributed by atoms with Crippen LogP contribution in [-0.2, 0) is 13.1 Å². The Kier molecular flexibility index (Phi) is 6.18. The van der Waals surface area contributed by atoms with Gasteiger partial charge in [-0.3, -0.25) is 4.90 Å². The predicted octanol–water partition coefficient (Wildman–Crippen LogP) is 2.14. The van der Waals surface area contributed by atoms with E-state index in [2.05, 4.69) is 52.7 Å². The van der Waals surface area contributed by atoms with Gasteiger partial charge >= 0.3 is 0 Å². The van der Waals surface area contributed by atoms with Crippen molar-refractivity contribution in [3.05, 3.63) is 12.2 Å². The van der Waals surface area contributed by atoms with E-state index in [0.717, 1.165) is 44.5 Å². The van der Waals surface area contributed by atoms with E-state index in [-0.39, 0.29) is 0 Å². The molecule has 1 aromatic rings. The first kappa shape index (κ1) is 16.4. The normalized spacial score (nSPS) is 21.1. The number of nitrogens with one attached hydrogen (secondary N) is 1. The molecule has 0 spiro atoms. The van der Waals surface area contributed by atoms with E-state index in [9.17, 15) is 0 Å². The summed E-state index contributed by atoms with van der Waals surface area (Å²) in [6, 6.07) is 0.606. The third kappa shape index (κ3) is 5.40. The van der Waals surface area contributed by atoms with Gasteiger partial charge in [0.1, 0.15) is 12.2 Å². The molecule has 2 rings (SSSR count). The lowest BCUT2D eigenvalue weighted by Gasteiger charge is -2.25. The summed E-state index contributed by atoms with van der Waals surface area (Å²) in [5.41, 5.74) is 0. The molecule has 1 N–H and O–H groups in total. The third-order valence-electron chi connectivity index (χ3n) is 3.92. The van der Waals surface area contributed by atoms with E-state index in [1.165, 1.54) is 12.8 Å². The van der Waals surface area contributed by atoms with Gasteiger partial charge in [-0.1, -0.05) is 27.7 Å². The topological polar surface area (TPSA) is 46.0 Å². The summed E-state index contributed by atoms with van der Waals surface area (Å²) in [7, 11) is 0. The summed E-state index contributed by atoms with van der Waals surface area (Å²) in [6.07, 6.45) is 4.15. The Morgan fingerprint density at radius 2 is 2.10 bits per heavy atom. The smallest absolute Gasteiger partial charge is 0.141 e. The average Bonchev–Trinajstić information content (AvgIpc) is 2.68. The fourth-order valence-electron chi connectivity index (χ4n) is 3.06. The third-order valence-corrected chi connectivity index (χ3v) is 3.92. The monoisotopic (exact) mass is 293 g/mol. The second-order valence-electron chi connectivity index (χ2n) is 7.12. The van der Waals surface area contributed by atoms with Crippen LogP contribution in [0.4, 0.5) is 0 Å². The molecule has 5 nitrogen and oxygen atoms in total. The van der Waals surface area contributed by atoms with Crippen molar-refractivity contribution >= 4 is 0 Å². The molecule has 120 valence electrons. The van der Waals surface area contributed by atoms with Gasteiger partial charge in [-0.05, 0) is 37.8 Å². The standard InChI is InChI=1S/C16H31N5/c1-13(2)8-15-10-20(7-5-6-17-15)11-16-18-12-19-21(16)9-14(3)4/h12-15,17H,5-11H2,1-4H3. The molecule has 0 saturated carbocycles. The summed E-state index contributed by atoms with van der Waals surface area (Å²) < 4.78 is 2.07. The van der Waals surface area contributed by atoms with Crippen molar-refractivity contribution in [3.8, 4) is 0 Å². The van der Waals surface area contributed by atoms with E-state index in [1.807, 2.05) is 0 Å². The Morgan fingerprint density at radius 1 is 1.29 bits per heavy atom. The van der Waals surface area contributed by atoms with Crippen LogP contribution in [0.15, 0.2) is 6.33 Å². The van der Waals surface area contributed by atoms with E-state index in [4.69, 9.17) is 0 Å². The van der Waals surface area contributed by atoms with Crippen LogP contribution in [-0.4, -0.2) is 45.3 Å². The van der Waals surface area contributed by atoms with Gasteiger partial charge < -0.3 is 5.32 Å². The zero-order valence-corrected chi connectivity index (χ0v) is 14.0. The molecule has 1 atom stereocenters.